The average molecular weight is 175 g/mol. The molecule has 0 spiro atoms. The van der Waals surface area contributed by atoms with Crippen LogP contribution in [0.1, 0.15) is 39.5 Å². The van der Waals surface area contributed by atoms with E-state index in [1.807, 2.05) is 0 Å². The third-order valence-corrected chi connectivity index (χ3v) is 1.95. The van der Waals surface area contributed by atoms with Crippen molar-refractivity contribution in [3.8, 4) is 0 Å². The van der Waals surface area contributed by atoms with Crippen LogP contribution in [0.3, 0.4) is 0 Å². The first-order valence-electron chi connectivity index (χ1n) is 4.61. The van der Waals surface area contributed by atoms with Gasteiger partial charge in [0.25, 0.3) is 0 Å². The first-order valence-corrected chi connectivity index (χ1v) is 4.61. The van der Waals surface area contributed by atoms with E-state index in [9.17, 15) is 0 Å². The van der Waals surface area contributed by atoms with Gasteiger partial charge in [-0.3, -0.25) is 0 Å². The molecule has 0 aromatic heterocycles. The molecule has 1 atom stereocenters. The van der Waals surface area contributed by atoms with Crippen LogP contribution in [0.5, 0.6) is 0 Å². The molecule has 0 aromatic rings. The summed E-state index contributed by atoms with van der Waals surface area (Å²) in [6.07, 6.45) is 5.41. The van der Waals surface area contributed by atoms with Crippen molar-refractivity contribution in [2.45, 2.75) is 39.5 Å². The van der Waals surface area contributed by atoms with Crippen molar-refractivity contribution in [1.82, 2.24) is 0 Å². The van der Waals surface area contributed by atoms with Crippen molar-refractivity contribution < 1.29 is 15.6 Å². The summed E-state index contributed by atoms with van der Waals surface area (Å²) in [6, 6.07) is 0. The maximum absolute atomic E-state index is 8.25. The smallest absolute Gasteiger partial charge is 0.0768 e. The number of carboxylic acid groups (broad SMARTS) is 1. The first-order chi connectivity index (χ1) is 5.76. The zero-order valence-corrected chi connectivity index (χ0v) is 8.21. The highest BCUT2D eigenvalue weighted by Crippen LogP contribution is 2.09. The SMILES string of the molecule is CCCCC(CC)C[NH3+].O=C[O-]. The van der Waals surface area contributed by atoms with Crippen molar-refractivity contribution in [3.63, 3.8) is 0 Å². The van der Waals surface area contributed by atoms with E-state index in [0.717, 1.165) is 12.5 Å². The van der Waals surface area contributed by atoms with Gasteiger partial charge in [0.15, 0.2) is 0 Å². The number of carbonyl (C=O) groups excluding carboxylic acids is 1. The molecule has 0 saturated carbocycles. The molecule has 3 nitrogen and oxygen atoms in total. The van der Waals surface area contributed by atoms with Gasteiger partial charge in [0.2, 0.25) is 0 Å². The van der Waals surface area contributed by atoms with Crippen molar-refractivity contribution in [2.75, 3.05) is 6.54 Å². The lowest BCUT2D eigenvalue weighted by Gasteiger charge is -2.07. The Morgan fingerprint density at radius 2 is 2.00 bits per heavy atom. The second-order valence-electron chi connectivity index (χ2n) is 2.80. The summed E-state index contributed by atoms with van der Waals surface area (Å²) in [5.74, 6) is 0.893. The molecule has 0 aliphatic carbocycles. The Morgan fingerprint density at radius 1 is 1.50 bits per heavy atom. The van der Waals surface area contributed by atoms with Crippen LogP contribution in [0, 0.1) is 5.92 Å². The Kier molecular flexibility index (Phi) is 15.2. The highest BCUT2D eigenvalue weighted by Gasteiger charge is 2.02. The number of hydrogen-bond donors (Lipinski definition) is 1. The normalized spacial score (nSPS) is 11.2. The molecule has 3 N–H and O–H groups in total. The quantitative estimate of drug-likeness (QED) is 0.588. The largest absolute Gasteiger partial charge is 0.554 e. The molecule has 0 radical (unpaired) electrons. The van der Waals surface area contributed by atoms with Crippen LogP contribution in [-0.2, 0) is 4.79 Å². The summed E-state index contributed by atoms with van der Waals surface area (Å²) in [5.41, 5.74) is 3.91. The first kappa shape index (κ1) is 14.0. The number of unbranched alkanes of at least 4 members (excludes halogenated alkanes) is 1. The molecule has 0 rings (SSSR count). The molecule has 0 saturated heterocycles. The van der Waals surface area contributed by atoms with E-state index < -0.39 is 6.47 Å². The Bertz CT molecular complexity index is 82.6. The molecule has 0 heterocycles. The zero-order chi connectivity index (χ0) is 9.82. The minimum atomic E-state index is -0.500. The average Bonchev–Trinajstić information content (AvgIpc) is 2.08. The minimum Gasteiger partial charge on any atom is -0.554 e. The second kappa shape index (κ2) is 13.1. The molecule has 12 heavy (non-hydrogen) atoms. The van der Waals surface area contributed by atoms with Crippen molar-refractivity contribution in [2.24, 2.45) is 5.92 Å². The fraction of sp³-hybridized carbons (Fsp3) is 0.889. The van der Waals surface area contributed by atoms with Gasteiger partial charge in [-0.1, -0.05) is 26.7 Å². The molecule has 3 heteroatoms. The summed E-state index contributed by atoms with van der Waals surface area (Å²) in [7, 11) is 0. The predicted molar refractivity (Wildman–Crippen MR) is 47.1 cm³/mol. The van der Waals surface area contributed by atoms with Gasteiger partial charge in [-0.2, -0.15) is 0 Å². The third-order valence-electron chi connectivity index (χ3n) is 1.95. The molecule has 0 aromatic carbocycles. The zero-order valence-electron chi connectivity index (χ0n) is 8.21. The van der Waals surface area contributed by atoms with Crippen LogP contribution < -0.4 is 10.8 Å². The highest BCUT2D eigenvalue weighted by molar-refractivity contribution is 5.29. The van der Waals surface area contributed by atoms with Gasteiger partial charge in [-0.05, 0) is 12.8 Å². The molecule has 0 amide bonds. The molecule has 0 bridgehead atoms. The summed E-state index contributed by atoms with van der Waals surface area (Å²) >= 11 is 0. The topological polar surface area (TPSA) is 67.8 Å². The molecular weight excluding hydrogens is 154 g/mol. The molecule has 0 aliphatic rings. The van der Waals surface area contributed by atoms with Crippen LogP contribution in [0.15, 0.2) is 0 Å². The summed E-state index contributed by atoms with van der Waals surface area (Å²) in [4.78, 5) is 8.25. The Balaban J connectivity index is 0. The van der Waals surface area contributed by atoms with Crippen LogP contribution in [0.2, 0.25) is 0 Å². The molecule has 74 valence electrons. The Hall–Kier alpha value is -0.570. The maximum Gasteiger partial charge on any atom is 0.0768 e. The summed E-state index contributed by atoms with van der Waals surface area (Å²) in [5, 5.41) is 8.25. The van der Waals surface area contributed by atoms with E-state index >= 15 is 0 Å². The lowest BCUT2D eigenvalue weighted by atomic mass is 10.00. The molecule has 1 unspecified atom stereocenters. The number of hydrogen-bond acceptors (Lipinski definition) is 2. The van der Waals surface area contributed by atoms with Crippen LogP contribution in [0.25, 0.3) is 0 Å². The number of quaternary nitrogens is 1. The van der Waals surface area contributed by atoms with Crippen LogP contribution >= 0.6 is 0 Å². The Labute approximate surface area is 75.0 Å². The van der Waals surface area contributed by atoms with E-state index in [1.165, 1.54) is 25.7 Å². The van der Waals surface area contributed by atoms with Gasteiger partial charge >= 0.3 is 0 Å². The number of rotatable bonds is 5. The van der Waals surface area contributed by atoms with Gasteiger partial charge in [0, 0.05) is 12.4 Å². The van der Waals surface area contributed by atoms with Crippen molar-refractivity contribution in [1.29, 1.82) is 0 Å². The lowest BCUT2D eigenvalue weighted by Crippen LogP contribution is -2.53. The van der Waals surface area contributed by atoms with E-state index in [-0.39, 0.29) is 0 Å². The lowest BCUT2D eigenvalue weighted by molar-refractivity contribution is -0.379. The predicted octanol–water partition coefficient (Wildman–Crippen LogP) is -0.189. The standard InChI is InChI=1S/C8H19N.CH2O2/c1-3-5-6-8(4-2)7-9;2-1-3/h8H,3-7,9H2,1-2H3;1H,(H,2,3). The van der Waals surface area contributed by atoms with Gasteiger partial charge in [0.1, 0.15) is 0 Å². The maximum atomic E-state index is 8.25. The Morgan fingerprint density at radius 3 is 2.25 bits per heavy atom. The van der Waals surface area contributed by atoms with Gasteiger partial charge in [-0.15, -0.1) is 0 Å². The number of carbonyl (C=O) groups is 1. The van der Waals surface area contributed by atoms with Crippen LogP contribution in [-0.4, -0.2) is 13.0 Å². The molecule has 0 aliphatic heterocycles. The highest BCUT2D eigenvalue weighted by atomic mass is 16.3. The third kappa shape index (κ3) is 12.1. The van der Waals surface area contributed by atoms with E-state index in [0.29, 0.717) is 0 Å². The fourth-order valence-electron chi connectivity index (χ4n) is 1.05. The monoisotopic (exact) mass is 175 g/mol. The van der Waals surface area contributed by atoms with Crippen molar-refractivity contribution >= 4 is 6.47 Å². The van der Waals surface area contributed by atoms with E-state index in [2.05, 4.69) is 19.6 Å². The van der Waals surface area contributed by atoms with Gasteiger partial charge < -0.3 is 15.6 Å². The molecule has 0 fully saturated rings. The summed E-state index contributed by atoms with van der Waals surface area (Å²) in [6.45, 7) is 5.12. The van der Waals surface area contributed by atoms with E-state index in [4.69, 9.17) is 9.90 Å². The second-order valence-corrected chi connectivity index (χ2v) is 2.80. The van der Waals surface area contributed by atoms with Gasteiger partial charge in [-0.25, -0.2) is 0 Å². The molecular formula is C9H21NO2. The van der Waals surface area contributed by atoms with Crippen LogP contribution in [0.4, 0.5) is 0 Å². The fourth-order valence-corrected chi connectivity index (χ4v) is 1.05. The van der Waals surface area contributed by atoms with Gasteiger partial charge in [0.05, 0.1) is 6.54 Å². The van der Waals surface area contributed by atoms with Crippen molar-refractivity contribution in [3.05, 3.63) is 0 Å². The minimum absolute atomic E-state index is 0.500. The summed E-state index contributed by atoms with van der Waals surface area (Å²) < 4.78 is 0. The van der Waals surface area contributed by atoms with E-state index in [1.54, 1.807) is 0 Å².